The molecule has 1 aromatic rings. The summed E-state index contributed by atoms with van der Waals surface area (Å²) in [4.78, 5) is 11.1. The molecule has 0 saturated carbocycles. The first kappa shape index (κ1) is 9.53. The average molecular weight is 210 g/mol. The summed E-state index contributed by atoms with van der Waals surface area (Å²) in [6, 6.07) is 5.93. The molecule has 0 radical (unpaired) electrons. The first-order valence-corrected chi connectivity index (χ1v) is 5.21. The number of benzene rings is 1. The maximum Gasteiger partial charge on any atom is 0.228 e. The number of hydrogen-bond donors (Lipinski definition) is 1. The molecule has 2 nitrogen and oxygen atoms in total. The van der Waals surface area contributed by atoms with E-state index in [1.165, 1.54) is 0 Å². The van der Waals surface area contributed by atoms with Crippen molar-refractivity contribution in [2.45, 2.75) is 25.1 Å². The number of halogens is 1. The van der Waals surface area contributed by atoms with Crippen molar-refractivity contribution >= 4 is 23.2 Å². The molecule has 0 aliphatic carbocycles. The van der Waals surface area contributed by atoms with Gasteiger partial charge in [0.2, 0.25) is 5.91 Å². The molecule has 3 heteroatoms. The van der Waals surface area contributed by atoms with Crippen LogP contribution in [0.2, 0.25) is 0 Å². The predicted octanol–water partition coefficient (Wildman–Crippen LogP) is 2.87. The fourth-order valence-corrected chi connectivity index (χ4v) is 1.82. The highest BCUT2D eigenvalue weighted by molar-refractivity contribution is 6.20. The van der Waals surface area contributed by atoms with Crippen LogP contribution in [0.4, 0.5) is 5.69 Å². The van der Waals surface area contributed by atoms with Gasteiger partial charge in [-0.15, -0.1) is 11.6 Å². The van der Waals surface area contributed by atoms with E-state index in [1.54, 1.807) is 0 Å². The largest absolute Gasteiger partial charge is 0.326 e. The Labute approximate surface area is 88.3 Å². The van der Waals surface area contributed by atoms with Gasteiger partial charge in [-0.25, -0.2) is 0 Å². The van der Waals surface area contributed by atoms with E-state index in [4.69, 9.17) is 11.6 Å². The minimum absolute atomic E-state index is 0.0519. The van der Waals surface area contributed by atoms with Gasteiger partial charge in [-0.3, -0.25) is 4.79 Å². The number of nitrogens with one attached hydrogen (secondary N) is 1. The average Bonchev–Trinajstić information content (AvgIpc) is 2.55. The SMILES string of the molecule is CCC(Cl)c1ccc2c(c1)CC(=O)N2. The Hall–Kier alpha value is -1.02. The predicted molar refractivity (Wildman–Crippen MR) is 57.7 cm³/mol. The first-order valence-electron chi connectivity index (χ1n) is 4.77. The number of anilines is 1. The van der Waals surface area contributed by atoms with Gasteiger partial charge in [-0.2, -0.15) is 0 Å². The Balaban J connectivity index is 2.32. The topological polar surface area (TPSA) is 29.1 Å². The van der Waals surface area contributed by atoms with Gasteiger partial charge in [-0.05, 0) is 23.6 Å². The van der Waals surface area contributed by atoms with E-state index in [-0.39, 0.29) is 11.3 Å². The highest BCUT2D eigenvalue weighted by atomic mass is 35.5. The maximum absolute atomic E-state index is 11.1. The van der Waals surface area contributed by atoms with E-state index in [9.17, 15) is 4.79 Å². The second-order valence-corrected chi connectivity index (χ2v) is 4.04. The quantitative estimate of drug-likeness (QED) is 0.746. The second-order valence-electron chi connectivity index (χ2n) is 3.52. The number of rotatable bonds is 2. The third kappa shape index (κ3) is 1.62. The van der Waals surface area contributed by atoms with Crippen molar-refractivity contribution in [3.63, 3.8) is 0 Å². The van der Waals surface area contributed by atoms with Gasteiger partial charge in [0.05, 0.1) is 11.8 Å². The van der Waals surface area contributed by atoms with E-state index in [0.717, 1.165) is 23.2 Å². The molecule has 0 aromatic heterocycles. The van der Waals surface area contributed by atoms with Gasteiger partial charge in [0.15, 0.2) is 0 Å². The van der Waals surface area contributed by atoms with Crippen molar-refractivity contribution in [1.82, 2.24) is 0 Å². The summed E-state index contributed by atoms with van der Waals surface area (Å²) < 4.78 is 0. The van der Waals surface area contributed by atoms with Crippen LogP contribution >= 0.6 is 11.6 Å². The molecule has 0 fully saturated rings. The van der Waals surface area contributed by atoms with Crippen molar-refractivity contribution in [1.29, 1.82) is 0 Å². The zero-order valence-corrected chi connectivity index (χ0v) is 8.77. The van der Waals surface area contributed by atoms with Gasteiger partial charge in [0, 0.05) is 5.69 Å². The summed E-state index contributed by atoms with van der Waals surface area (Å²) in [7, 11) is 0. The minimum Gasteiger partial charge on any atom is -0.326 e. The molecule has 1 aliphatic rings. The lowest BCUT2D eigenvalue weighted by Crippen LogP contribution is -2.03. The van der Waals surface area contributed by atoms with Crippen molar-refractivity contribution in [2.75, 3.05) is 5.32 Å². The summed E-state index contributed by atoms with van der Waals surface area (Å²) in [6.45, 7) is 2.05. The molecule has 1 aliphatic heterocycles. The van der Waals surface area contributed by atoms with Crippen LogP contribution in [0, 0.1) is 0 Å². The standard InChI is InChI=1S/C11H12ClNO/c1-2-9(12)7-3-4-10-8(5-7)6-11(14)13-10/h3-5,9H,2,6H2,1H3,(H,13,14). The van der Waals surface area contributed by atoms with E-state index < -0.39 is 0 Å². The maximum atomic E-state index is 11.1. The Morgan fingerprint density at radius 2 is 2.36 bits per heavy atom. The fourth-order valence-electron chi connectivity index (χ4n) is 1.68. The van der Waals surface area contributed by atoms with E-state index in [2.05, 4.69) is 5.32 Å². The van der Waals surface area contributed by atoms with Crippen molar-refractivity contribution in [2.24, 2.45) is 0 Å². The number of alkyl halides is 1. The summed E-state index contributed by atoms with van der Waals surface area (Å²) in [5.41, 5.74) is 3.09. The summed E-state index contributed by atoms with van der Waals surface area (Å²) >= 11 is 6.12. The zero-order chi connectivity index (χ0) is 10.1. The molecular weight excluding hydrogens is 198 g/mol. The summed E-state index contributed by atoms with van der Waals surface area (Å²) in [5, 5.41) is 2.85. The number of carbonyl (C=O) groups is 1. The molecular formula is C11H12ClNO. The molecule has 0 saturated heterocycles. The van der Waals surface area contributed by atoms with Crippen molar-refractivity contribution in [3.05, 3.63) is 29.3 Å². The Morgan fingerprint density at radius 1 is 1.57 bits per heavy atom. The third-order valence-electron chi connectivity index (χ3n) is 2.47. The van der Waals surface area contributed by atoms with Crippen LogP contribution in [0.1, 0.15) is 29.8 Å². The lowest BCUT2D eigenvalue weighted by Gasteiger charge is -2.08. The highest BCUT2D eigenvalue weighted by Crippen LogP contribution is 2.30. The normalized spacial score (nSPS) is 16.3. The van der Waals surface area contributed by atoms with Crippen LogP contribution in [0.5, 0.6) is 0 Å². The van der Waals surface area contributed by atoms with E-state index in [0.29, 0.717) is 6.42 Å². The Bertz CT molecular complexity index is 376. The van der Waals surface area contributed by atoms with Gasteiger partial charge >= 0.3 is 0 Å². The smallest absolute Gasteiger partial charge is 0.228 e. The first-order chi connectivity index (χ1) is 6.70. The Morgan fingerprint density at radius 3 is 3.07 bits per heavy atom. The molecule has 0 spiro atoms. The van der Waals surface area contributed by atoms with Gasteiger partial charge in [-0.1, -0.05) is 19.1 Å². The van der Waals surface area contributed by atoms with Crippen LogP contribution in [-0.2, 0) is 11.2 Å². The van der Waals surface area contributed by atoms with Gasteiger partial charge in [0.1, 0.15) is 0 Å². The highest BCUT2D eigenvalue weighted by Gasteiger charge is 2.18. The summed E-state index contributed by atoms with van der Waals surface area (Å²) in [5.74, 6) is 0.0692. The molecule has 2 rings (SSSR count). The molecule has 1 heterocycles. The Kier molecular flexibility index (Phi) is 2.46. The minimum atomic E-state index is 0.0519. The molecule has 1 amide bonds. The van der Waals surface area contributed by atoms with Crippen LogP contribution < -0.4 is 5.32 Å². The fraction of sp³-hybridized carbons (Fsp3) is 0.364. The van der Waals surface area contributed by atoms with Crippen LogP contribution in [0.3, 0.4) is 0 Å². The lowest BCUT2D eigenvalue weighted by molar-refractivity contribution is -0.115. The molecule has 1 unspecified atom stereocenters. The van der Waals surface area contributed by atoms with Crippen LogP contribution in [-0.4, -0.2) is 5.91 Å². The number of hydrogen-bond acceptors (Lipinski definition) is 1. The molecule has 1 atom stereocenters. The van der Waals surface area contributed by atoms with Crippen LogP contribution in [0.25, 0.3) is 0 Å². The monoisotopic (exact) mass is 209 g/mol. The number of amides is 1. The van der Waals surface area contributed by atoms with Crippen LogP contribution in [0.15, 0.2) is 18.2 Å². The number of fused-ring (bicyclic) bond motifs is 1. The molecule has 0 bridgehead atoms. The number of carbonyl (C=O) groups excluding carboxylic acids is 1. The van der Waals surface area contributed by atoms with Crippen molar-refractivity contribution < 1.29 is 4.79 Å². The van der Waals surface area contributed by atoms with E-state index in [1.807, 2.05) is 25.1 Å². The zero-order valence-electron chi connectivity index (χ0n) is 8.01. The van der Waals surface area contributed by atoms with Gasteiger partial charge in [0.25, 0.3) is 0 Å². The molecule has 1 aromatic carbocycles. The molecule has 14 heavy (non-hydrogen) atoms. The van der Waals surface area contributed by atoms with E-state index >= 15 is 0 Å². The second kappa shape index (κ2) is 3.62. The van der Waals surface area contributed by atoms with Gasteiger partial charge < -0.3 is 5.32 Å². The summed E-state index contributed by atoms with van der Waals surface area (Å²) in [6.07, 6.45) is 1.39. The van der Waals surface area contributed by atoms with Crippen molar-refractivity contribution in [3.8, 4) is 0 Å². The molecule has 1 N–H and O–H groups in total. The third-order valence-corrected chi connectivity index (χ3v) is 3.04. The molecule has 74 valence electrons. The lowest BCUT2D eigenvalue weighted by atomic mass is 10.0.